The fourth-order valence-electron chi connectivity index (χ4n) is 1.36. The zero-order valence-electron chi connectivity index (χ0n) is 8.96. The minimum Gasteiger partial charge on any atom is -0.311 e. The number of nitrogens with zero attached hydrogens (tertiary/aromatic N) is 2. The lowest BCUT2D eigenvalue weighted by Crippen LogP contribution is -2.16. The molecular formula is C10H13ClN4S. The average molecular weight is 257 g/mol. The molecule has 2 rings (SSSR count). The van der Waals surface area contributed by atoms with Crippen molar-refractivity contribution >= 4 is 22.9 Å². The third-order valence-electron chi connectivity index (χ3n) is 2.10. The van der Waals surface area contributed by atoms with Gasteiger partial charge in [0.15, 0.2) is 5.82 Å². The molecule has 0 fully saturated rings. The highest BCUT2D eigenvalue weighted by Gasteiger charge is 2.00. The van der Waals surface area contributed by atoms with E-state index in [4.69, 9.17) is 11.6 Å². The first-order valence-electron chi connectivity index (χ1n) is 5.07. The van der Waals surface area contributed by atoms with Crippen molar-refractivity contribution in [2.75, 3.05) is 6.54 Å². The molecule has 16 heavy (non-hydrogen) atoms. The summed E-state index contributed by atoms with van der Waals surface area (Å²) >= 11 is 7.44. The molecule has 0 atom stereocenters. The second-order valence-corrected chi connectivity index (χ2v) is 5.27. The SMILES string of the molecule is Cc1nc(CCNCc2ccc(Cl)s2)n[nH]1. The van der Waals surface area contributed by atoms with E-state index >= 15 is 0 Å². The summed E-state index contributed by atoms with van der Waals surface area (Å²) in [5.74, 6) is 1.72. The van der Waals surface area contributed by atoms with Crippen LogP contribution < -0.4 is 5.32 Å². The van der Waals surface area contributed by atoms with E-state index < -0.39 is 0 Å². The van der Waals surface area contributed by atoms with Crippen molar-refractivity contribution in [1.82, 2.24) is 20.5 Å². The number of nitrogens with one attached hydrogen (secondary N) is 2. The second kappa shape index (κ2) is 5.43. The molecule has 2 aromatic heterocycles. The van der Waals surface area contributed by atoms with E-state index in [1.807, 2.05) is 19.1 Å². The van der Waals surface area contributed by atoms with E-state index in [-0.39, 0.29) is 0 Å². The predicted molar refractivity (Wildman–Crippen MR) is 65.9 cm³/mol. The van der Waals surface area contributed by atoms with E-state index in [0.717, 1.165) is 35.5 Å². The number of aryl methyl sites for hydroxylation is 1. The largest absolute Gasteiger partial charge is 0.311 e. The van der Waals surface area contributed by atoms with Crippen molar-refractivity contribution < 1.29 is 0 Å². The molecule has 0 saturated carbocycles. The smallest absolute Gasteiger partial charge is 0.151 e. The summed E-state index contributed by atoms with van der Waals surface area (Å²) in [6, 6.07) is 3.96. The highest BCUT2D eigenvalue weighted by molar-refractivity contribution is 7.16. The molecule has 0 amide bonds. The fraction of sp³-hybridized carbons (Fsp3) is 0.400. The molecule has 2 heterocycles. The van der Waals surface area contributed by atoms with Gasteiger partial charge in [-0.1, -0.05) is 11.6 Å². The zero-order valence-corrected chi connectivity index (χ0v) is 10.5. The molecule has 0 aliphatic rings. The average Bonchev–Trinajstić information content (AvgIpc) is 2.83. The molecule has 0 aliphatic heterocycles. The molecule has 0 aromatic carbocycles. The minimum atomic E-state index is 0.835. The fourth-order valence-corrected chi connectivity index (χ4v) is 2.42. The zero-order chi connectivity index (χ0) is 11.4. The van der Waals surface area contributed by atoms with Crippen LogP contribution in [-0.2, 0) is 13.0 Å². The van der Waals surface area contributed by atoms with Gasteiger partial charge in [-0.2, -0.15) is 5.10 Å². The van der Waals surface area contributed by atoms with Crippen LogP contribution in [0, 0.1) is 6.92 Å². The van der Waals surface area contributed by atoms with Crippen molar-refractivity contribution in [3.05, 3.63) is 33.0 Å². The van der Waals surface area contributed by atoms with Gasteiger partial charge in [-0.05, 0) is 19.1 Å². The van der Waals surface area contributed by atoms with Crippen LogP contribution in [0.5, 0.6) is 0 Å². The van der Waals surface area contributed by atoms with E-state index in [1.165, 1.54) is 4.88 Å². The molecular weight excluding hydrogens is 244 g/mol. The number of hydrogen-bond donors (Lipinski definition) is 2. The number of aromatic amines is 1. The minimum absolute atomic E-state index is 0.835. The number of thiophene rings is 1. The van der Waals surface area contributed by atoms with Gasteiger partial charge in [0.2, 0.25) is 0 Å². The Morgan fingerprint density at radius 2 is 2.38 bits per heavy atom. The molecule has 6 heteroatoms. The van der Waals surface area contributed by atoms with Crippen LogP contribution in [0.15, 0.2) is 12.1 Å². The molecule has 86 valence electrons. The Morgan fingerprint density at radius 3 is 3.00 bits per heavy atom. The summed E-state index contributed by atoms with van der Waals surface area (Å²) in [7, 11) is 0. The third-order valence-corrected chi connectivity index (χ3v) is 3.33. The highest BCUT2D eigenvalue weighted by atomic mass is 35.5. The van der Waals surface area contributed by atoms with E-state index in [9.17, 15) is 0 Å². The summed E-state index contributed by atoms with van der Waals surface area (Å²) < 4.78 is 0.835. The Kier molecular flexibility index (Phi) is 3.93. The van der Waals surface area contributed by atoms with E-state index in [2.05, 4.69) is 20.5 Å². The Bertz CT molecular complexity index is 409. The van der Waals surface area contributed by atoms with Crippen LogP contribution in [-0.4, -0.2) is 21.7 Å². The van der Waals surface area contributed by atoms with Gasteiger partial charge in [0.25, 0.3) is 0 Å². The van der Waals surface area contributed by atoms with Gasteiger partial charge >= 0.3 is 0 Å². The molecule has 0 unspecified atom stereocenters. The van der Waals surface area contributed by atoms with E-state index in [0.29, 0.717) is 0 Å². The molecule has 2 N–H and O–H groups in total. The van der Waals surface area contributed by atoms with Gasteiger partial charge in [0.1, 0.15) is 5.82 Å². The van der Waals surface area contributed by atoms with Crippen LogP contribution in [0.2, 0.25) is 4.34 Å². The number of halogens is 1. The van der Waals surface area contributed by atoms with Gasteiger partial charge in [-0.15, -0.1) is 11.3 Å². The van der Waals surface area contributed by atoms with Gasteiger partial charge in [0, 0.05) is 24.4 Å². The standard InChI is InChI=1S/C10H13ClN4S/c1-7-13-10(15-14-7)4-5-12-6-8-2-3-9(11)16-8/h2-3,12H,4-6H2,1H3,(H,13,14,15). The monoisotopic (exact) mass is 256 g/mol. The highest BCUT2D eigenvalue weighted by Crippen LogP contribution is 2.20. The van der Waals surface area contributed by atoms with Gasteiger partial charge in [-0.25, -0.2) is 4.98 Å². The summed E-state index contributed by atoms with van der Waals surface area (Å²) in [6.07, 6.45) is 0.837. The van der Waals surface area contributed by atoms with Crippen molar-refractivity contribution in [2.45, 2.75) is 19.9 Å². The van der Waals surface area contributed by atoms with Crippen LogP contribution >= 0.6 is 22.9 Å². The summed E-state index contributed by atoms with van der Waals surface area (Å²) in [4.78, 5) is 5.48. The summed E-state index contributed by atoms with van der Waals surface area (Å²) in [6.45, 7) is 3.62. The van der Waals surface area contributed by atoms with Crippen LogP contribution in [0.3, 0.4) is 0 Å². The lowest BCUT2D eigenvalue weighted by atomic mass is 10.4. The molecule has 0 saturated heterocycles. The normalized spacial score (nSPS) is 10.9. The lowest BCUT2D eigenvalue weighted by Gasteiger charge is -1.99. The molecule has 0 radical (unpaired) electrons. The second-order valence-electron chi connectivity index (χ2n) is 3.47. The van der Waals surface area contributed by atoms with Crippen LogP contribution in [0.25, 0.3) is 0 Å². The topological polar surface area (TPSA) is 53.6 Å². The maximum atomic E-state index is 5.84. The number of hydrogen-bond acceptors (Lipinski definition) is 4. The molecule has 0 aliphatic carbocycles. The lowest BCUT2D eigenvalue weighted by molar-refractivity contribution is 0.677. The predicted octanol–water partition coefficient (Wildman–Crippen LogP) is 2.16. The first-order chi connectivity index (χ1) is 7.74. The Balaban J connectivity index is 1.69. The Morgan fingerprint density at radius 1 is 1.50 bits per heavy atom. The van der Waals surface area contributed by atoms with Crippen molar-refractivity contribution in [3.8, 4) is 0 Å². The van der Waals surface area contributed by atoms with E-state index in [1.54, 1.807) is 11.3 Å². The maximum Gasteiger partial charge on any atom is 0.151 e. The quantitative estimate of drug-likeness (QED) is 0.806. The molecule has 0 bridgehead atoms. The van der Waals surface area contributed by atoms with Gasteiger partial charge < -0.3 is 5.32 Å². The van der Waals surface area contributed by atoms with Crippen LogP contribution in [0.1, 0.15) is 16.5 Å². The van der Waals surface area contributed by atoms with Crippen molar-refractivity contribution in [1.29, 1.82) is 0 Å². The maximum absolute atomic E-state index is 5.84. The molecule has 4 nitrogen and oxygen atoms in total. The summed E-state index contributed by atoms with van der Waals surface area (Å²) in [5, 5.41) is 10.2. The van der Waals surface area contributed by atoms with Crippen LogP contribution in [0.4, 0.5) is 0 Å². The van der Waals surface area contributed by atoms with Gasteiger partial charge in [-0.3, -0.25) is 5.10 Å². The van der Waals surface area contributed by atoms with Crippen molar-refractivity contribution in [3.63, 3.8) is 0 Å². The molecule has 2 aromatic rings. The van der Waals surface area contributed by atoms with Gasteiger partial charge in [0.05, 0.1) is 4.34 Å². The van der Waals surface area contributed by atoms with Crippen molar-refractivity contribution in [2.24, 2.45) is 0 Å². The molecule has 0 spiro atoms. The first-order valence-corrected chi connectivity index (χ1v) is 6.26. The first kappa shape index (κ1) is 11.6. The third kappa shape index (κ3) is 3.30. The number of rotatable bonds is 5. The summed E-state index contributed by atoms with van der Waals surface area (Å²) in [5.41, 5.74) is 0. The number of H-pyrrole nitrogens is 1. The Labute approximate surface area is 103 Å². The number of aromatic nitrogens is 3. The Hall–Kier alpha value is -0.910.